The number of carbonyl (C=O) groups excluding carboxylic acids is 3. The maximum absolute atomic E-state index is 15.7. The average molecular weight is 1370 g/mol. The van der Waals surface area contributed by atoms with Gasteiger partial charge in [0.05, 0.1) is 53.9 Å². The number of fused-ring (bicyclic) bond motifs is 6. The number of nitrogens with one attached hydrogen (secondary N) is 1. The number of amides is 3. The Kier molecular flexibility index (Phi) is 20.3. The van der Waals surface area contributed by atoms with Gasteiger partial charge < -0.3 is 33.9 Å². The molecular formula is C73H89F2N7O11S3. The Morgan fingerprint density at radius 1 is 0.635 bits per heavy atom. The molecule has 2 N–H and O–H groups in total. The Bertz CT molecular complexity index is 4100. The minimum atomic E-state index is -3.69. The summed E-state index contributed by atoms with van der Waals surface area (Å²) in [7, 11) is 2.87. The summed E-state index contributed by atoms with van der Waals surface area (Å²) < 4.78 is 83.3. The van der Waals surface area contributed by atoms with Crippen LogP contribution in [0.2, 0.25) is 0 Å². The van der Waals surface area contributed by atoms with Gasteiger partial charge in [-0.1, -0.05) is 52.0 Å². The number of ether oxygens (including phenoxy) is 4. The number of benzene rings is 2. The largest absolute Gasteiger partial charge is 0.494 e. The summed E-state index contributed by atoms with van der Waals surface area (Å²) in [6, 6.07) is 10.3. The highest BCUT2D eigenvalue weighted by atomic mass is 32.2. The molecule has 2 aromatic carbocycles. The van der Waals surface area contributed by atoms with Gasteiger partial charge in [0.15, 0.2) is 23.1 Å². The minimum absolute atomic E-state index is 0.00805. The van der Waals surface area contributed by atoms with E-state index in [1.165, 1.54) is 36.9 Å². The topological polar surface area (TPSA) is 230 Å². The first kappa shape index (κ1) is 68.8. The summed E-state index contributed by atoms with van der Waals surface area (Å²) >= 11 is 2.90. The first-order chi connectivity index (χ1) is 46.0. The molecule has 0 bridgehead atoms. The summed E-state index contributed by atoms with van der Waals surface area (Å²) in [6.45, 7) is 9.62. The zero-order valence-electron chi connectivity index (χ0n) is 56.1. The molecule has 18 nitrogen and oxygen atoms in total. The molecule has 0 spiro atoms. The normalized spacial score (nSPS) is 27.9. The SMILES string of the molecule is COc1ccc2c(O[C@@H]3C[C@H]4CC[C@]5(C(=O)NS(=O)(=O)C6CC6)C[C@H]5/C=C\CCCCN(C)C(=O)[C@@H]4C3)cc(-c3nc(C(C)C)cs3)nc2c1F.COc1ccc2c(O[C@@H]3C[C@H]4CC[C@]5(C(=O)O)C[C@H]5/C=C\CCCCN(C)C(=O)[C@@H]4C3)cc(-c3nc(C(C)C)cs3)nc2c1F. The lowest BCUT2D eigenvalue weighted by atomic mass is 9.85. The van der Waals surface area contributed by atoms with Crippen molar-refractivity contribution in [2.75, 3.05) is 41.4 Å². The number of thiazole rings is 2. The molecule has 5 saturated carbocycles. The molecule has 13 rings (SSSR count). The van der Waals surface area contributed by atoms with Crippen LogP contribution in [0.15, 0.2) is 71.5 Å². The van der Waals surface area contributed by atoms with Crippen molar-refractivity contribution in [3.8, 4) is 44.4 Å². The number of nitrogens with zero attached hydrogens (tertiary/aromatic N) is 6. The molecule has 5 aliphatic carbocycles. The second-order valence-electron chi connectivity index (χ2n) is 28.4. The standard InChI is InChI=1S/C38H47FN4O6S2.C35H42FN3O5S/c1-22(2)30-21-50-35(41-30)29-19-32(27-12-13-31(48-4)33(39)34(27)40-29)49-25-17-23-14-15-38(37(45)42-51(46,47)26-10-11-26)20-24(38)9-7-5-6-8-16-43(3)36(44)28(23)18-25;1-20(2)27-19-45-32(38-27)26-17-29(24-10-11-28(43-4)30(36)31(24)37-26)44-23-15-21-12-13-35(34(41)42)18-22(35)9-7-5-6-8-14-39(3)33(40)25(21)16-23/h7,9,12-13,19,21-26,28H,5-6,8,10-11,14-18,20H2,1-4H3,(H,42,45);7,9-11,17,19-23,25H,5-6,8,12-16,18H2,1-4H3,(H,41,42)/b2*9-7-/t23-,24-,25-,28-,38+;21-,22-,23-,25-,35+/m11/s1. The van der Waals surface area contributed by atoms with Gasteiger partial charge >= 0.3 is 5.97 Å². The fraction of sp³-hybridized carbons (Fsp3) is 0.562. The van der Waals surface area contributed by atoms with Gasteiger partial charge in [0.1, 0.15) is 43.9 Å². The number of aliphatic carboxylic acids is 1. The van der Waals surface area contributed by atoms with Gasteiger partial charge in [-0.05, 0) is 175 Å². The maximum atomic E-state index is 15.7. The van der Waals surface area contributed by atoms with E-state index in [9.17, 15) is 32.7 Å². The highest BCUT2D eigenvalue weighted by molar-refractivity contribution is 7.91. The molecule has 7 aliphatic rings. The third-order valence-corrected chi connectivity index (χ3v) is 24.9. The molecule has 5 fully saturated rings. The van der Waals surface area contributed by atoms with Crippen molar-refractivity contribution in [1.29, 1.82) is 0 Å². The summed E-state index contributed by atoms with van der Waals surface area (Å²) in [4.78, 5) is 76.3. The van der Waals surface area contributed by atoms with Crippen LogP contribution in [-0.4, -0.2) is 126 Å². The molecule has 0 radical (unpaired) electrons. The van der Waals surface area contributed by atoms with Gasteiger partial charge in [0, 0.05) is 72.7 Å². The van der Waals surface area contributed by atoms with Gasteiger partial charge in [-0.3, -0.25) is 23.9 Å². The van der Waals surface area contributed by atoms with Crippen LogP contribution >= 0.6 is 22.7 Å². The van der Waals surface area contributed by atoms with E-state index in [2.05, 4.69) is 66.7 Å². The van der Waals surface area contributed by atoms with Crippen LogP contribution in [-0.2, 0) is 29.2 Å². The van der Waals surface area contributed by atoms with E-state index in [1.807, 2.05) is 46.8 Å². The average Bonchev–Trinajstić information content (AvgIpc) is 1.63. The number of carboxylic acid groups (broad SMARTS) is 1. The van der Waals surface area contributed by atoms with Crippen LogP contribution in [0.4, 0.5) is 8.78 Å². The molecule has 2 aliphatic heterocycles. The van der Waals surface area contributed by atoms with E-state index in [0.29, 0.717) is 134 Å². The van der Waals surface area contributed by atoms with E-state index in [4.69, 9.17) is 28.9 Å². The van der Waals surface area contributed by atoms with E-state index in [0.717, 1.165) is 49.9 Å². The Labute approximate surface area is 569 Å². The number of carboxylic acids is 1. The summed E-state index contributed by atoms with van der Waals surface area (Å²) in [5, 5.41) is 16.0. The lowest BCUT2D eigenvalue weighted by Crippen LogP contribution is -2.40. The highest BCUT2D eigenvalue weighted by Gasteiger charge is 2.61. The molecular weight excluding hydrogens is 1290 g/mol. The predicted octanol–water partition coefficient (Wildman–Crippen LogP) is 14.5. The molecule has 10 atom stereocenters. The van der Waals surface area contributed by atoms with Crippen molar-refractivity contribution in [1.82, 2.24) is 34.5 Å². The molecule has 3 amide bonds. The lowest BCUT2D eigenvalue weighted by molar-refractivity contribution is -0.144. The monoisotopic (exact) mass is 1370 g/mol. The first-order valence-corrected chi connectivity index (χ1v) is 37.5. The molecule has 23 heteroatoms. The quantitative estimate of drug-likeness (QED) is 0.0966. The number of hydrogen-bond acceptors (Lipinski definition) is 16. The van der Waals surface area contributed by atoms with Crippen LogP contribution in [0, 0.1) is 58.0 Å². The number of sulfonamides is 1. The zero-order chi connectivity index (χ0) is 68.0. The second kappa shape index (κ2) is 28.4. The van der Waals surface area contributed by atoms with Crippen molar-refractivity contribution in [3.05, 3.63) is 94.5 Å². The van der Waals surface area contributed by atoms with Crippen LogP contribution in [0.1, 0.15) is 166 Å². The van der Waals surface area contributed by atoms with Gasteiger partial charge in [0.25, 0.3) is 0 Å². The van der Waals surface area contributed by atoms with Crippen LogP contribution in [0.25, 0.3) is 43.2 Å². The Morgan fingerprint density at radius 2 is 1.08 bits per heavy atom. The Morgan fingerprint density at radius 3 is 1.51 bits per heavy atom. The number of hydrogen-bond donors (Lipinski definition) is 2. The van der Waals surface area contributed by atoms with E-state index in [1.54, 1.807) is 24.3 Å². The van der Waals surface area contributed by atoms with E-state index < -0.39 is 49.6 Å². The maximum Gasteiger partial charge on any atom is 0.310 e. The molecule has 0 unspecified atom stereocenters. The third kappa shape index (κ3) is 14.4. The van der Waals surface area contributed by atoms with Gasteiger partial charge in [-0.2, -0.15) is 0 Å². The fourth-order valence-corrected chi connectivity index (χ4v) is 18.3. The number of aromatic nitrogens is 4. The number of pyridine rings is 2. The minimum Gasteiger partial charge on any atom is -0.494 e. The number of rotatable bonds is 14. The molecule has 0 saturated heterocycles. The van der Waals surface area contributed by atoms with Gasteiger partial charge in [-0.15, -0.1) is 22.7 Å². The Balaban J connectivity index is 0.000000185. The predicted molar refractivity (Wildman–Crippen MR) is 367 cm³/mol. The first-order valence-electron chi connectivity index (χ1n) is 34.2. The number of carbonyl (C=O) groups is 4. The Hall–Kier alpha value is -7.11. The third-order valence-electron chi connectivity index (χ3n) is 21.3. The van der Waals surface area contributed by atoms with Crippen molar-refractivity contribution in [2.45, 2.75) is 173 Å². The molecule has 6 aromatic rings. The molecule has 4 aromatic heterocycles. The molecule has 514 valence electrons. The van der Waals surface area contributed by atoms with E-state index >= 15 is 8.78 Å². The van der Waals surface area contributed by atoms with E-state index in [-0.39, 0.29) is 93.9 Å². The van der Waals surface area contributed by atoms with Crippen LogP contribution < -0.4 is 23.7 Å². The highest BCUT2D eigenvalue weighted by Crippen LogP contribution is 2.60. The number of halogens is 2. The van der Waals surface area contributed by atoms with Crippen LogP contribution in [0.5, 0.6) is 23.0 Å². The fourth-order valence-electron chi connectivity index (χ4n) is 15.0. The van der Waals surface area contributed by atoms with Crippen LogP contribution in [0.3, 0.4) is 0 Å². The summed E-state index contributed by atoms with van der Waals surface area (Å²) in [5.74, 6) is -1.24. The zero-order valence-corrected chi connectivity index (χ0v) is 58.6. The van der Waals surface area contributed by atoms with Gasteiger partial charge in [0.2, 0.25) is 27.7 Å². The van der Waals surface area contributed by atoms with Crippen molar-refractivity contribution < 1.29 is 60.4 Å². The lowest BCUT2D eigenvalue weighted by Gasteiger charge is -2.26. The van der Waals surface area contributed by atoms with Gasteiger partial charge in [-0.25, -0.2) is 37.1 Å². The van der Waals surface area contributed by atoms with Crippen molar-refractivity contribution >= 4 is 78.2 Å². The number of allylic oxidation sites excluding steroid dienone is 4. The summed E-state index contributed by atoms with van der Waals surface area (Å²) in [5.41, 5.74) is 1.60. The second-order valence-corrected chi connectivity index (χ2v) is 32.1. The smallest absolute Gasteiger partial charge is 0.310 e. The van der Waals surface area contributed by atoms with Crippen molar-refractivity contribution in [3.63, 3.8) is 0 Å². The molecule has 96 heavy (non-hydrogen) atoms. The summed E-state index contributed by atoms with van der Waals surface area (Å²) in [6.07, 6.45) is 19.9. The molecule has 6 heterocycles. The van der Waals surface area contributed by atoms with Crippen molar-refractivity contribution in [2.24, 2.45) is 46.3 Å². The number of methoxy groups -OCH3 is 2.